The molecule has 0 heterocycles. The van der Waals surface area contributed by atoms with Crippen LogP contribution in [-0.2, 0) is 0 Å². The van der Waals surface area contributed by atoms with Gasteiger partial charge < -0.3 is 11.5 Å². The lowest BCUT2D eigenvalue weighted by Crippen LogP contribution is -2.15. The predicted octanol–water partition coefficient (Wildman–Crippen LogP) is 1.19. The number of amides is 2. The van der Waals surface area contributed by atoms with Gasteiger partial charge in [0.05, 0.1) is 21.2 Å². The highest BCUT2D eigenvalue weighted by molar-refractivity contribution is 6.45. The molecule has 0 aliphatic heterocycles. The van der Waals surface area contributed by atoms with Crippen molar-refractivity contribution in [2.45, 2.75) is 0 Å². The molecule has 6 heteroatoms. The third-order valence-electron chi connectivity index (χ3n) is 1.61. The summed E-state index contributed by atoms with van der Waals surface area (Å²) < 4.78 is 0. The Morgan fingerprint density at radius 1 is 0.929 bits per heavy atom. The van der Waals surface area contributed by atoms with Gasteiger partial charge in [0.25, 0.3) is 0 Å². The van der Waals surface area contributed by atoms with E-state index >= 15 is 0 Å². The second-order valence-electron chi connectivity index (χ2n) is 2.52. The van der Waals surface area contributed by atoms with Gasteiger partial charge in [0, 0.05) is 0 Å². The molecule has 0 atom stereocenters. The van der Waals surface area contributed by atoms with Gasteiger partial charge in [-0.25, -0.2) is 0 Å². The van der Waals surface area contributed by atoms with E-state index in [0.29, 0.717) is 0 Å². The first-order valence-electron chi connectivity index (χ1n) is 3.52. The summed E-state index contributed by atoms with van der Waals surface area (Å²) >= 11 is 11.4. The van der Waals surface area contributed by atoms with Crippen LogP contribution < -0.4 is 11.5 Å². The lowest BCUT2D eigenvalue weighted by atomic mass is 10.1. The molecule has 14 heavy (non-hydrogen) atoms. The highest BCUT2D eigenvalue weighted by Gasteiger charge is 2.15. The molecule has 0 fully saturated rings. The van der Waals surface area contributed by atoms with Gasteiger partial charge in [-0.2, -0.15) is 0 Å². The fourth-order valence-corrected chi connectivity index (χ4v) is 1.45. The number of carbonyl (C=O) groups excluding carboxylic acids is 2. The zero-order valence-corrected chi connectivity index (χ0v) is 8.39. The smallest absolute Gasteiger partial charge is 0.250 e. The van der Waals surface area contributed by atoms with Crippen LogP contribution in [0.2, 0.25) is 10.0 Å². The SMILES string of the molecule is NC(=O)c1ccc(C(N)=O)c(Cl)c1Cl. The van der Waals surface area contributed by atoms with Gasteiger partial charge in [0.2, 0.25) is 11.8 Å². The quantitative estimate of drug-likeness (QED) is 0.803. The van der Waals surface area contributed by atoms with Crippen LogP contribution in [0.4, 0.5) is 0 Å². The summed E-state index contributed by atoms with van der Waals surface area (Å²) in [4.78, 5) is 21.6. The molecule has 0 saturated heterocycles. The zero-order chi connectivity index (χ0) is 10.9. The Morgan fingerprint density at radius 2 is 1.21 bits per heavy atom. The number of carbonyl (C=O) groups is 2. The van der Waals surface area contributed by atoms with E-state index in [1.807, 2.05) is 0 Å². The van der Waals surface area contributed by atoms with Crippen molar-refractivity contribution in [1.82, 2.24) is 0 Å². The number of hydrogen-bond donors (Lipinski definition) is 2. The summed E-state index contributed by atoms with van der Waals surface area (Å²) in [6, 6.07) is 2.60. The van der Waals surface area contributed by atoms with Crippen LogP contribution in [0.15, 0.2) is 12.1 Å². The number of primary amides is 2. The molecule has 74 valence electrons. The van der Waals surface area contributed by atoms with Crippen molar-refractivity contribution in [3.8, 4) is 0 Å². The third-order valence-corrected chi connectivity index (χ3v) is 2.50. The van der Waals surface area contributed by atoms with Gasteiger partial charge in [-0.1, -0.05) is 23.2 Å². The lowest BCUT2D eigenvalue weighted by Gasteiger charge is -2.05. The van der Waals surface area contributed by atoms with E-state index < -0.39 is 11.8 Å². The third kappa shape index (κ3) is 1.81. The van der Waals surface area contributed by atoms with E-state index in [0.717, 1.165) is 0 Å². The van der Waals surface area contributed by atoms with Crippen molar-refractivity contribution in [1.29, 1.82) is 0 Å². The van der Waals surface area contributed by atoms with Gasteiger partial charge in [0.1, 0.15) is 0 Å². The van der Waals surface area contributed by atoms with Crippen molar-refractivity contribution < 1.29 is 9.59 Å². The molecule has 1 rings (SSSR count). The summed E-state index contributed by atoms with van der Waals surface area (Å²) in [6.07, 6.45) is 0. The number of nitrogens with two attached hydrogens (primary N) is 2. The highest BCUT2D eigenvalue weighted by atomic mass is 35.5. The molecule has 0 bridgehead atoms. The van der Waals surface area contributed by atoms with Crippen molar-refractivity contribution in [2.75, 3.05) is 0 Å². The van der Waals surface area contributed by atoms with Crippen LogP contribution in [0.5, 0.6) is 0 Å². The largest absolute Gasteiger partial charge is 0.366 e. The summed E-state index contributed by atoms with van der Waals surface area (Å²) in [5.74, 6) is -1.43. The summed E-state index contributed by atoms with van der Waals surface area (Å²) in [5, 5.41) is -0.120. The Hall–Kier alpha value is -1.26. The Bertz CT molecular complexity index is 379. The minimum atomic E-state index is -0.715. The van der Waals surface area contributed by atoms with Gasteiger partial charge in [-0.05, 0) is 12.1 Å². The molecule has 2 amide bonds. The van der Waals surface area contributed by atoms with E-state index in [2.05, 4.69) is 0 Å². The zero-order valence-electron chi connectivity index (χ0n) is 6.88. The van der Waals surface area contributed by atoms with Gasteiger partial charge >= 0.3 is 0 Å². The van der Waals surface area contributed by atoms with Crippen molar-refractivity contribution in [2.24, 2.45) is 11.5 Å². The van der Waals surface area contributed by atoms with Crippen LogP contribution in [0, 0.1) is 0 Å². The maximum absolute atomic E-state index is 10.8. The first-order valence-corrected chi connectivity index (χ1v) is 4.28. The molecule has 4 N–H and O–H groups in total. The molecule has 0 spiro atoms. The Morgan fingerprint density at radius 3 is 1.43 bits per heavy atom. The van der Waals surface area contributed by atoms with Crippen LogP contribution in [0.25, 0.3) is 0 Å². The molecule has 4 nitrogen and oxygen atoms in total. The first kappa shape index (κ1) is 10.8. The van der Waals surface area contributed by atoms with Crippen molar-refractivity contribution in [3.63, 3.8) is 0 Å². The fraction of sp³-hybridized carbons (Fsp3) is 0. The summed E-state index contributed by atoms with van der Waals surface area (Å²) in [7, 11) is 0. The van der Waals surface area contributed by atoms with Crippen molar-refractivity contribution >= 4 is 35.0 Å². The molecule has 0 aliphatic rings. The molecule has 0 aromatic heterocycles. The lowest BCUT2D eigenvalue weighted by molar-refractivity contribution is 0.0988. The average Bonchev–Trinajstić information content (AvgIpc) is 2.08. The normalized spacial score (nSPS) is 9.86. The second-order valence-corrected chi connectivity index (χ2v) is 3.27. The van der Waals surface area contributed by atoms with Crippen molar-refractivity contribution in [3.05, 3.63) is 33.3 Å². The van der Waals surface area contributed by atoms with Gasteiger partial charge in [-0.15, -0.1) is 0 Å². The van der Waals surface area contributed by atoms with E-state index in [1.54, 1.807) is 0 Å². The summed E-state index contributed by atoms with van der Waals surface area (Å²) in [5.41, 5.74) is 10.1. The van der Waals surface area contributed by atoms with Gasteiger partial charge in [-0.3, -0.25) is 9.59 Å². The van der Waals surface area contributed by atoms with E-state index in [-0.39, 0.29) is 21.2 Å². The molecule has 0 unspecified atom stereocenters. The monoisotopic (exact) mass is 232 g/mol. The van der Waals surface area contributed by atoms with Gasteiger partial charge in [0.15, 0.2) is 0 Å². The average molecular weight is 233 g/mol. The van der Waals surface area contributed by atoms with Crippen LogP contribution >= 0.6 is 23.2 Å². The first-order chi connectivity index (χ1) is 6.45. The van der Waals surface area contributed by atoms with E-state index in [1.165, 1.54) is 12.1 Å². The van der Waals surface area contributed by atoms with Crippen LogP contribution in [-0.4, -0.2) is 11.8 Å². The van der Waals surface area contributed by atoms with E-state index in [9.17, 15) is 9.59 Å². The number of benzene rings is 1. The Labute approximate surface area is 89.8 Å². The summed E-state index contributed by atoms with van der Waals surface area (Å²) in [6.45, 7) is 0. The highest BCUT2D eigenvalue weighted by Crippen LogP contribution is 2.28. The topological polar surface area (TPSA) is 86.2 Å². The Kier molecular flexibility index (Phi) is 2.98. The second kappa shape index (κ2) is 3.86. The minimum absolute atomic E-state index is 0.0571. The standard InChI is InChI=1S/C8H6Cl2N2O2/c9-5-3(7(11)13)1-2-4(6(5)10)8(12)14/h1-2H,(H2,11,13)(H2,12,14). The molecule has 0 radical (unpaired) electrons. The number of rotatable bonds is 2. The van der Waals surface area contributed by atoms with E-state index in [4.69, 9.17) is 34.7 Å². The van der Waals surface area contributed by atoms with Crippen LogP contribution in [0.3, 0.4) is 0 Å². The molecule has 0 saturated carbocycles. The predicted molar refractivity (Wildman–Crippen MR) is 53.5 cm³/mol. The Balaban J connectivity index is 3.41. The minimum Gasteiger partial charge on any atom is -0.366 e. The number of hydrogen-bond acceptors (Lipinski definition) is 2. The molecular weight excluding hydrogens is 227 g/mol. The molecule has 1 aromatic rings. The molecule has 0 aliphatic carbocycles. The maximum atomic E-state index is 10.8. The fourth-order valence-electron chi connectivity index (χ4n) is 0.930. The molecule has 1 aromatic carbocycles. The maximum Gasteiger partial charge on any atom is 0.250 e. The number of halogens is 2. The van der Waals surface area contributed by atoms with Crippen LogP contribution in [0.1, 0.15) is 20.7 Å². The molecular formula is C8H6Cl2N2O2.